The van der Waals surface area contributed by atoms with Crippen LogP contribution >= 0.6 is 0 Å². The Morgan fingerprint density at radius 1 is 1.20 bits per heavy atom. The van der Waals surface area contributed by atoms with Gasteiger partial charge in [-0.3, -0.25) is 9.69 Å². The first-order valence-electron chi connectivity index (χ1n) is 8.95. The molecule has 2 fully saturated rings. The van der Waals surface area contributed by atoms with Crippen LogP contribution in [0, 0.1) is 0 Å². The molecule has 1 aromatic heterocycles. The van der Waals surface area contributed by atoms with Gasteiger partial charge in [0.15, 0.2) is 0 Å². The molecule has 0 spiro atoms. The Hall–Kier alpha value is -1.38. The number of sulfonamides is 1. The number of rotatable bonds is 4. The van der Waals surface area contributed by atoms with Crippen LogP contribution < -0.4 is 5.73 Å². The predicted molar refractivity (Wildman–Crippen MR) is 95.7 cm³/mol. The molecule has 2 N–H and O–H groups in total. The highest BCUT2D eigenvalue weighted by molar-refractivity contribution is 7.89. The number of aryl methyl sites for hydroxylation is 1. The minimum absolute atomic E-state index is 0.145. The molecule has 2 saturated heterocycles. The fraction of sp³-hybridized carbons (Fsp3) is 0.706. The summed E-state index contributed by atoms with van der Waals surface area (Å²) in [6, 6.07) is 2.64. The summed E-state index contributed by atoms with van der Waals surface area (Å²) in [5.74, 6) is -0.625. The molecule has 25 heavy (non-hydrogen) atoms. The van der Waals surface area contributed by atoms with Gasteiger partial charge in [0, 0.05) is 44.5 Å². The van der Waals surface area contributed by atoms with Crippen molar-refractivity contribution in [2.45, 2.75) is 62.6 Å². The lowest BCUT2D eigenvalue weighted by molar-refractivity contribution is 0.0979. The normalized spacial score (nSPS) is 29.2. The molecule has 0 bridgehead atoms. The van der Waals surface area contributed by atoms with Gasteiger partial charge in [-0.25, -0.2) is 8.42 Å². The summed E-state index contributed by atoms with van der Waals surface area (Å²) >= 11 is 0. The molecular formula is C17H28N4O3S. The quantitative estimate of drug-likeness (QED) is 0.863. The number of likely N-dealkylation sites (tertiary alicyclic amines) is 1. The molecule has 8 heteroatoms. The molecule has 3 unspecified atom stereocenters. The highest BCUT2D eigenvalue weighted by Gasteiger charge is 2.38. The smallest absolute Gasteiger partial charge is 0.265 e. The summed E-state index contributed by atoms with van der Waals surface area (Å²) < 4.78 is 29.1. The number of nitrogens with zero attached hydrogens (tertiary/aromatic N) is 3. The average Bonchev–Trinajstić information content (AvgIpc) is 3.11. The second-order valence-electron chi connectivity index (χ2n) is 7.42. The first kappa shape index (κ1) is 18.4. The molecule has 0 aliphatic carbocycles. The first-order chi connectivity index (χ1) is 11.7. The largest absolute Gasteiger partial charge is 0.364 e. The van der Waals surface area contributed by atoms with Crippen molar-refractivity contribution in [3.8, 4) is 0 Å². The first-order valence-corrected chi connectivity index (χ1v) is 10.4. The Kier molecular flexibility index (Phi) is 4.96. The molecular weight excluding hydrogens is 340 g/mol. The van der Waals surface area contributed by atoms with Crippen molar-refractivity contribution in [2.75, 3.05) is 13.1 Å². The molecule has 2 aliphatic rings. The summed E-state index contributed by atoms with van der Waals surface area (Å²) in [6.07, 6.45) is 5.70. The number of primary amides is 1. The highest BCUT2D eigenvalue weighted by Crippen LogP contribution is 2.31. The molecule has 7 nitrogen and oxygen atoms in total. The molecule has 2 aliphatic heterocycles. The van der Waals surface area contributed by atoms with E-state index in [1.165, 1.54) is 29.7 Å². The van der Waals surface area contributed by atoms with Gasteiger partial charge in [0.25, 0.3) is 5.91 Å². The van der Waals surface area contributed by atoms with Crippen molar-refractivity contribution >= 4 is 15.9 Å². The zero-order valence-electron chi connectivity index (χ0n) is 15.2. The lowest BCUT2D eigenvalue weighted by atomic mass is 10.0. The lowest BCUT2D eigenvalue weighted by Gasteiger charge is -2.40. The minimum atomic E-state index is -3.62. The second-order valence-corrected chi connectivity index (χ2v) is 9.36. The number of piperidine rings is 1. The SMILES string of the molecule is CC1CCC(C)N1C1CCCN(S(=O)(=O)c2cc(C(N)=O)n(C)c2)C1. The summed E-state index contributed by atoms with van der Waals surface area (Å²) in [5, 5.41) is 0. The zero-order chi connectivity index (χ0) is 18.4. The minimum Gasteiger partial charge on any atom is -0.364 e. The maximum atomic E-state index is 13.0. The van der Waals surface area contributed by atoms with E-state index >= 15 is 0 Å². The van der Waals surface area contributed by atoms with E-state index in [9.17, 15) is 13.2 Å². The number of carbonyl (C=O) groups is 1. The van der Waals surface area contributed by atoms with E-state index in [4.69, 9.17) is 5.73 Å². The van der Waals surface area contributed by atoms with Crippen molar-refractivity contribution in [1.29, 1.82) is 0 Å². The number of nitrogens with two attached hydrogens (primary N) is 1. The van der Waals surface area contributed by atoms with E-state index in [0.29, 0.717) is 25.2 Å². The van der Waals surface area contributed by atoms with Gasteiger partial charge in [0.1, 0.15) is 10.6 Å². The van der Waals surface area contributed by atoms with Crippen LogP contribution in [0.1, 0.15) is 50.0 Å². The monoisotopic (exact) mass is 368 g/mol. The van der Waals surface area contributed by atoms with Gasteiger partial charge in [0.05, 0.1) is 0 Å². The topological polar surface area (TPSA) is 88.6 Å². The van der Waals surface area contributed by atoms with Gasteiger partial charge in [0.2, 0.25) is 10.0 Å². The van der Waals surface area contributed by atoms with Crippen LogP contribution in [0.15, 0.2) is 17.2 Å². The summed E-state index contributed by atoms with van der Waals surface area (Å²) in [4.78, 5) is 14.1. The number of hydrogen-bond donors (Lipinski definition) is 1. The van der Waals surface area contributed by atoms with Crippen molar-refractivity contribution in [2.24, 2.45) is 12.8 Å². The van der Waals surface area contributed by atoms with Gasteiger partial charge < -0.3 is 10.3 Å². The van der Waals surface area contributed by atoms with Crippen molar-refractivity contribution in [3.05, 3.63) is 18.0 Å². The standard InChI is InChI=1S/C17H28N4O3S/c1-12-6-7-13(2)21(12)14-5-4-8-20(10-14)25(23,24)15-9-16(17(18)22)19(3)11-15/h9,11-14H,4-8,10H2,1-3H3,(H2,18,22). The number of amides is 1. The predicted octanol–water partition coefficient (Wildman–Crippen LogP) is 1.15. The Balaban J connectivity index is 1.83. The van der Waals surface area contributed by atoms with Gasteiger partial charge in [-0.15, -0.1) is 0 Å². The van der Waals surface area contributed by atoms with Crippen molar-refractivity contribution < 1.29 is 13.2 Å². The van der Waals surface area contributed by atoms with Crippen molar-refractivity contribution in [1.82, 2.24) is 13.8 Å². The number of hydrogen-bond acceptors (Lipinski definition) is 4. The third kappa shape index (κ3) is 3.35. The Bertz CT molecular complexity index is 748. The Labute approximate surface area is 149 Å². The molecule has 3 heterocycles. The molecule has 1 aromatic rings. The summed E-state index contributed by atoms with van der Waals surface area (Å²) in [5.41, 5.74) is 5.51. The van der Waals surface area contributed by atoms with Crippen LogP contribution in [-0.4, -0.2) is 59.3 Å². The van der Waals surface area contributed by atoms with Crippen molar-refractivity contribution in [3.63, 3.8) is 0 Å². The zero-order valence-corrected chi connectivity index (χ0v) is 16.0. The molecule has 0 radical (unpaired) electrons. The van der Waals surface area contributed by atoms with Crippen LogP contribution in [0.3, 0.4) is 0 Å². The third-order valence-electron chi connectivity index (χ3n) is 5.67. The molecule has 0 aromatic carbocycles. The van der Waals surface area contributed by atoms with Gasteiger partial charge in [-0.1, -0.05) is 0 Å². The molecule has 3 atom stereocenters. The van der Waals surface area contributed by atoms with E-state index in [1.807, 2.05) is 0 Å². The molecule has 0 saturated carbocycles. The van der Waals surface area contributed by atoms with Crippen LogP contribution in [-0.2, 0) is 17.1 Å². The van der Waals surface area contributed by atoms with E-state index < -0.39 is 15.9 Å². The molecule has 140 valence electrons. The van der Waals surface area contributed by atoms with E-state index in [1.54, 1.807) is 11.4 Å². The lowest BCUT2D eigenvalue weighted by Crippen LogP contribution is -2.52. The van der Waals surface area contributed by atoms with Crippen LogP contribution in [0.25, 0.3) is 0 Å². The van der Waals surface area contributed by atoms with Crippen LogP contribution in [0.2, 0.25) is 0 Å². The van der Waals surface area contributed by atoms with E-state index in [2.05, 4.69) is 18.7 Å². The van der Waals surface area contributed by atoms with Gasteiger partial charge in [-0.05, 0) is 45.6 Å². The third-order valence-corrected chi connectivity index (χ3v) is 7.50. The maximum absolute atomic E-state index is 13.0. The second kappa shape index (κ2) is 6.74. The Morgan fingerprint density at radius 2 is 1.84 bits per heavy atom. The highest BCUT2D eigenvalue weighted by atomic mass is 32.2. The average molecular weight is 369 g/mol. The van der Waals surface area contributed by atoms with E-state index in [-0.39, 0.29) is 16.6 Å². The van der Waals surface area contributed by atoms with Crippen LogP contribution in [0.5, 0.6) is 0 Å². The summed E-state index contributed by atoms with van der Waals surface area (Å²) in [6.45, 7) is 5.49. The maximum Gasteiger partial charge on any atom is 0.265 e. The fourth-order valence-corrected chi connectivity index (χ4v) is 5.97. The summed E-state index contributed by atoms with van der Waals surface area (Å²) in [7, 11) is -1.99. The fourth-order valence-electron chi connectivity index (χ4n) is 4.39. The van der Waals surface area contributed by atoms with Gasteiger partial charge >= 0.3 is 0 Å². The van der Waals surface area contributed by atoms with Crippen LogP contribution in [0.4, 0.5) is 0 Å². The Morgan fingerprint density at radius 3 is 2.40 bits per heavy atom. The van der Waals surface area contributed by atoms with Gasteiger partial charge in [-0.2, -0.15) is 4.31 Å². The molecule has 3 rings (SSSR count). The number of aromatic nitrogens is 1. The number of carbonyl (C=O) groups excluding carboxylic acids is 1. The van der Waals surface area contributed by atoms with E-state index in [0.717, 1.165) is 12.8 Å². The molecule has 1 amide bonds.